The van der Waals surface area contributed by atoms with Crippen molar-refractivity contribution >= 4 is 29.4 Å². The van der Waals surface area contributed by atoms with Crippen molar-refractivity contribution in [2.45, 2.75) is 20.1 Å². The summed E-state index contributed by atoms with van der Waals surface area (Å²) in [7, 11) is 0. The minimum atomic E-state index is -0.300. The first-order chi connectivity index (χ1) is 8.65. The standard InChI is InChI=1S/C13H17Cl2NO2/c1-3-17-13(18-4-2)9-16-8-10-5-11(14)7-12(15)6-10/h5-8,13H,3-4,9H2,1-2H3/b16-8-. The third kappa shape index (κ3) is 5.83. The van der Waals surface area contributed by atoms with Crippen LogP contribution in [0.4, 0.5) is 0 Å². The van der Waals surface area contributed by atoms with Gasteiger partial charge in [-0.15, -0.1) is 0 Å². The summed E-state index contributed by atoms with van der Waals surface area (Å²) in [6.45, 7) is 5.50. The van der Waals surface area contributed by atoms with Crippen LogP contribution >= 0.6 is 23.2 Å². The molecule has 18 heavy (non-hydrogen) atoms. The molecular weight excluding hydrogens is 273 g/mol. The number of hydrogen-bond donors (Lipinski definition) is 0. The second-order valence-corrected chi connectivity index (χ2v) is 4.41. The topological polar surface area (TPSA) is 30.8 Å². The molecule has 0 aliphatic heterocycles. The van der Waals surface area contributed by atoms with Crippen LogP contribution in [0.1, 0.15) is 19.4 Å². The van der Waals surface area contributed by atoms with Crippen LogP contribution in [-0.4, -0.2) is 32.3 Å². The van der Waals surface area contributed by atoms with Crippen LogP contribution < -0.4 is 0 Å². The fourth-order valence-corrected chi connectivity index (χ4v) is 1.96. The van der Waals surface area contributed by atoms with E-state index in [0.717, 1.165) is 5.56 Å². The van der Waals surface area contributed by atoms with Crippen LogP contribution in [0.5, 0.6) is 0 Å². The Morgan fingerprint density at radius 3 is 2.17 bits per heavy atom. The molecule has 0 saturated heterocycles. The summed E-state index contributed by atoms with van der Waals surface area (Å²) in [4.78, 5) is 4.27. The number of benzene rings is 1. The zero-order valence-electron chi connectivity index (χ0n) is 10.5. The molecule has 0 saturated carbocycles. The SMILES string of the molecule is CCOC(C/N=C\c1cc(Cl)cc(Cl)c1)OCC. The first-order valence-electron chi connectivity index (χ1n) is 5.84. The summed E-state index contributed by atoms with van der Waals surface area (Å²) >= 11 is 11.8. The van der Waals surface area contributed by atoms with E-state index >= 15 is 0 Å². The van der Waals surface area contributed by atoms with Gasteiger partial charge < -0.3 is 9.47 Å². The van der Waals surface area contributed by atoms with Gasteiger partial charge in [0.15, 0.2) is 6.29 Å². The highest BCUT2D eigenvalue weighted by Crippen LogP contribution is 2.17. The second-order valence-electron chi connectivity index (χ2n) is 3.54. The van der Waals surface area contributed by atoms with E-state index in [9.17, 15) is 0 Å². The van der Waals surface area contributed by atoms with Gasteiger partial charge in [0.25, 0.3) is 0 Å². The molecule has 0 unspecified atom stereocenters. The Morgan fingerprint density at radius 2 is 1.67 bits per heavy atom. The predicted octanol–water partition coefficient (Wildman–Crippen LogP) is 3.81. The Bertz CT molecular complexity index is 370. The van der Waals surface area contributed by atoms with E-state index in [-0.39, 0.29) is 6.29 Å². The van der Waals surface area contributed by atoms with Crippen LogP contribution in [0.15, 0.2) is 23.2 Å². The maximum atomic E-state index is 5.90. The summed E-state index contributed by atoms with van der Waals surface area (Å²) in [5.41, 5.74) is 0.860. The van der Waals surface area contributed by atoms with Crippen molar-refractivity contribution in [1.82, 2.24) is 0 Å². The smallest absolute Gasteiger partial charge is 0.176 e. The molecular formula is C13H17Cl2NO2. The molecule has 0 N–H and O–H groups in total. The summed E-state index contributed by atoms with van der Waals surface area (Å²) in [6, 6.07) is 5.28. The maximum Gasteiger partial charge on any atom is 0.176 e. The van der Waals surface area contributed by atoms with Crippen LogP contribution in [0, 0.1) is 0 Å². The minimum absolute atomic E-state index is 0.300. The Balaban J connectivity index is 2.57. The van der Waals surface area contributed by atoms with Crippen molar-refractivity contribution in [2.75, 3.05) is 19.8 Å². The van der Waals surface area contributed by atoms with E-state index in [1.165, 1.54) is 0 Å². The van der Waals surface area contributed by atoms with Gasteiger partial charge in [-0.25, -0.2) is 0 Å². The monoisotopic (exact) mass is 289 g/mol. The Morgan fingerprint density at radius 1 is 1.11 bits per heavy atom. The molecule has 0 heterocycles. The largest absolute Gasteiger partial charge is 0.351 e. The van der Waals surface area contributed by atoms with Crippen molar-refractivity contribution in [2.24, 2.45) is 4.99 Å². The van der Waals surface area contributed by atoms with Gasteiger partial charge >= 0.3 is 0 Å². The number of aliphatic imine (C=N–C) groups is 1. The third-order valence-corrected chi connectivity index (χ3v) is 2.52. The molecule has 0 radical (unpaired) electrons. The predicted molar refractivity (Wildman–Crippen MR) is 76.0 cm³/mol. The molecule has 3 nitrogen and oxygen atoms in total. The number of ether oxygens (including phenoxy) is 2. The first kappa shape index (κ1) is 15.4. The lowest BCUT2D eigenvalue weighted by Gasteiger charge is -2.14. The molecule has 5 heteroatoms. The zero-order valence-corrected chi connectivity index (χ0v) is 12.0. The van der Waals surface area contributed by atoms with Crippen molar-refractivity contribution in [3.05, 3.63) is 33.8 Å². The van der Waals surface area contributed by atoms with E-state index in [1.807, 2.05) is 13.8 Å². The zero-order chi connectivity index (χ0) is 13.4. The fourth-order valence-electron chi connectivity index (χ4n) is 1.42. The van der Waals surface area contributed by atoms with Gasteiger partial charge in [-0.3, -0.25) is 4.99 Å². The minimum Gasteiger partial charge on any atom is -0.351 e. The summed E-state index contributed by atoms with van der Waals surface area (Å²) in [6.07, 6.45) is 1.41. The highest BCUT2D eigenvalue weighted by atomic mass is 35.5. The lowest BCUT2D eigenvalue weighted by atomic mass is 10.2. The van der Waals surface area contributed by atoms with Crippen molar-refractivity contribution < 1.29 is 9.47 Å². The Kier molecular flexibility index (Phi) is 7.28. The van der Waals surface area contributed by atoms with E-state index in [0.29, 0.717) is 29.8 Å². The van der Waals surface area contributed by atoms with Gasteiger partial charge in [0.2, 0.25) is 0 Å². The van der Waals surface area contributed by atoms with Gasteiger partial charge in [-0.2, -0.15) is 0 Å². The lowest BCUT2D eigenvalue weighted by molar-refractivity contribution is -0.128. The van der Waals surface area contributed by atoms with Gasteiger partial charge in [0.1, 0.15) is 0 Å². The Hall–Kier alpha value is -0.610. The van der Waals surface area contributed by atoms with Gasteiger partial charge in [0, 0.05) is 29.5 Å². The number of halogens is 2. The molecule has 1 aromatic carbocycles. The molecule has 0 bridgehead atoms. The number of rotatable bonds is 7. The number of nitrogens with zero attached hydrogens (tertiary/aromatic N) is 1. The van der Waals surface area contributed by atoms with E-state index in [4.69, 9.17) is 32.7 Å². The molecule has 0 aromatic heterocycles. The molecule has 1 rings (SSSR count). The normalized spacial score (nSPS) is 11.6. The van der Waals surface area contributed by atoms with Crippen molar-refractivity contribution in [1.29, 1.82) is 0 Å². The molecule has 0 aliphatic carbocycles. The van der Waals surface area contributed by atoms with Gasteiger partial charge in [-0.05, 0) is 37.6 Å². The highest BCUT2D eigenvalue weighted by Gasteiger charge is 2.05. The van der Waals surface area contributed by atoms with Gasteiger partial charge in [-0.1, -0.05) is 23.2 Å². The average Bonchev–Trinajstić information content (AvgIpc) is 2.28. The molecule has 0 atom stereocenters. The van der Waals surface area contributed by atoms with Crippen molar-refractivity contribution in [3.63, 3.8) is 0 Å². The molecule has 100 valence electrons. The molecule has 0 amide bonds. The van der Waals surface area contributed by atoms with Gasteiger partial charge in [0.05, 0.1) is 6.54 Å². The number of hydrogen-bond acceptors (Lipinski definition) is 3. The maximum absolute atomic E-state index is 5.90. The first-order valence-corrected chi connectivity index (χ1v) is 6.60. The van der Waals surface area contributed by atoms with Crippen LogP contribution in [0.25, 0.3) is 0 Å². The average molecular weight is 290 g/mol. The highest BCUT2D eigenvalue weighted by molar-refractivity contribution is 6.35. The van der Waals surface area contributed by atoms with Crippen LogP contribution in [0.2, 0.25) is 10.0 Å². The lowest BCUT2D eigenvalue weighted by Crippen LogP contribution is -2.20. The van der Waals surface area contributed by atoms with Crippen LogP contribution in [0.3, 0.4) is 0 Å². The Labute approximate surface area is 118 Å². The summed E-state index contributed by atoms with van der Waals surface area (Å²) < 4.78 is 10.8. The second kappa shape index (κ2) is 8.48. The third-order valence-electron chi connectivity index (χ3n) is 2.08. The van der Waals surface area contributed by atoms with E-state index < -0.39 is 0 Å². The summed E-state index contributed by atoms with van der Waals surface area (Å²) in [5, 5.41) is 1.19. The van der Waals surface area contributed by atoms with E-state index in [2.05, 4.69) is 4.99 Å². The van der Waals surface area contributed by atoms with E-state index in [1.54, 1.807) is 24.4 Å². The molecule has 0 aliphatic rings. The fraction of sp³-hybridized carbons (Fsp3) is 0.462. The molecule has 1 aromatic rings. The van der Waals surface area contributed by atoms with Crippen molar-refractivity contribution in [3.8, 4) is 0 Å². The summed E-state index contributed by atoms with van der Waals surface area (Å²) in [5.74, 6) is 0. The molecule has 0 fully saturated rings. The molecule has 0 spiro atoms. The quantitative estimate of drug-likeness (QED) is 0.564. The van der Waals surface area contributed by atoms with Crippen LogP contribution in [-0.2, 0) is 9.47 Å².